The summed E-state index contributed by atoms with van der Waals surface area (Å²) >= 11 is 0. The van der Waals surface area contributed by atoms with E-state index in [2.05, 4.69) is 10.6 Å². The van der Waals surface area contributed by atoms with Gasteiger partial charge in [0.05, 0.1) is 0 Å². The second-order valence-electron chi connectivity index (χ2n) is 5.64. The molecular weight excluding hydrogens is 224 g/mol. The summed E-state index contributed by atoms with van der Waals surface area (Å²) in [6, 6.07) is 9.51. The smallest absolute Gasteiger partial charge is 0.319 e. The van der Waals surface area contributed by atoms with Crippen LogP contribution in [0.3, 0.4) is 0 Å². The van der Waals surface area contributed by atoms with Crippen LogP contribution in [0.5, 0.6) is 0 Å². The summed E-state index contributed by atoms with van der Waals surface area (Å²) in [6.45, 7) is 0.833. The Morgan fingerprint density at radius 2 is 2.00 bits per heavy atom. The predicted molar refractivity (Wildman–Crippen MR) is 72.4 cm³/mol. The Kier molecular flexibility index (Phi) is 3.22. The van der Waals surface area contributed by atoms with Crippen molar-refractivity contribution in [1.29, 1.82) is 0 Å². The van der Waals surface area contributed by atoms with Gasteiger partial charge in [-0.2, -0.15) is 0 Å². The number of fused-ring (bicyclic) bond motifs is 2. The van der Waals surface area contributed by atoms with Crippen LogP contribution < -0.4 is 10.6 Å². The molecule has 1 aromatic carbocycles. The Morgan fingerprint density at radius 1 is 1.17 bits per heavy atom. The van der Waals surface area contributed by atoms with Gasteiger partial charge in [-0.05, 0) is 49.1 Å². The van der Waals surface area contributed by atoms with E-state index in [9.17, 15) is 4.79 Å². The summed E-state index contributed by atoms with van der Waals surface area (Å²) in [4.78, 5) is 11.8. The molecule has 96 valence electrons. The molecule has 3 rings (SSSR count). The molecule has 2 bridgehead atoms. The van der Waals surface area contributed by atoms with Crippen molar-refractivity contribution in [2.24, 2.45) is 17.8 Å². The molecule has 2 aliphatic rings. The van der Waals surface area contributed by atoms with E-state index in [-0.39, 0.29) is 6.03 Å². The Morgan fingerprint density at radius 3 is 2.67 bits per heavy atom. The average Bonchev–Trinajstić information content (AvgIpc) is 3.00. The third-order valence-electron chi connectivity index (χ3n) is 4.44. The fourth-order valence-corrected chi connectivity index (χ4v) is 3.55. The number of carbonyl (C=O) groups is 1. The second-order valence-corrected chi connectivity index (χ2v) is 5.64. The first-order valence-electron chi connectivity index (χ1n) is 6.91. The van der Waals surface area contributed by atoms with Gasteiger partial charge in [0.25, 0.3) is 0 Å². The number of carbonyl (C=O) groups excluding carboxylic acids is 1. The van der Waals surface area contributed by atoms with Gasteiger partial charge in [0.2, 0.25) is 0 Å². The van der Waals surface area contributed by atoms with Gasteiger partial charge in [-0.1, -0.05) is 24.6 Å². The van der Waals surface area contributed by atoms with Crippen molar-refractivity contribution >= 4 is 11.7 Å². The molecule has 0 heterocycles. The first kappa shape index (κ1) is 11.6. The lowest BCUT2D eigenvalue weighted by Crippen LogP contribution is -2.34. The van der Waals surface area contributed by atoms with Gasteiger partial charge in [-0.15, -0.1) is 0 Å². The van der Waals surface area contributed by atoms with Gasteiger partial charge in [-0.3, -0.25) is 0 Å². The Labute approximate surface area is 108 Å². The molecule has 0 saturated heterocycles. The molecule has 0 unspecified atom stereocenters. The zero-order valence-electron chi connectivity index (χ0n) is 10.6. The Balaban J connectivity index is 1.45. The molecule has 2 amide bonds. The van der Waals surface area contributed by atoms with Gasteiger partial charge in [-0.25, -0.2) is 4.79 Å². The minimum absolute atomic E-state index is 0.0797. The molecule has 0 aromatic heterocycles. The summed E-state index contributed by atoms with van der Waals surface area (Å²) in [7, 11) is 0. The van der Waals surface area contributed by atoms with Crippen LogP contribution in [-0.2, 0) is 0 Å². The van der Waals surface area contributed by atoms with Crippen molar-refractivity contribution in [2.45, 2.75) is 25.7 Å². The average molecular weight is 244 g/mol. The highest BCUT2D eigenvalue weighted by Gasteiger charge is 2.39. The molecule has 3 atom stereocenters. The SMILES string of the molecule is O=C(NC[C@H]1C[C@@H]2CC[C@@H]1C2)Nc1ccccc1. The Bertz CT molecular complexity index is 418. The number of amides is 2. The minimum Gasteiger partial charge on any atom is -0.338 e. The van der Waals surface area contributed by atoms with Crippen molar-refractivity contribution in [3.05, 3.63) is 30.3 Å². The zero-order valence-corrected chi connectivity index (χ0v) is 10.6. The number of rotatable bonds is 3. The Hall–Kier alpha value is -1.51. The third-order valence-corrected chi connectivity index (χ3v) is 4.44. The number of anilines is 1. The normalized spacial score (nSPS) is 29.2. The van der Waals surface area contributed by atoms with Gasteiger partial charge in [0.15, 0.2) is 0 Å². The maximum absolute atomic E-state index is 11.8. The highest BCUT2D eigenvalue weighted by atomic mass is 16.2. The van der Waals surface area contributed by atoms with Crippen LogP contribution in [0.4, 0.5) is 10.5 Å². The number of nitrogens with one attached hydrogen (secondary N) is 2. The molecule has 0 aliphatic heterocycles. The van der Waals surface area contributed by atoms with E-state index in [1.807, 2.05) is 30.3 Å². The molecule has 2 aliphatic carbocycles. The van der Waals surface area contributed by atoms with E-state index in [1.54, 1.807) is 0 Å². The van der Waals surface area contributed by atoms with E-state index in [0.29, 0.717) is 5.92 Å². The molecule has 2 fully saturated rings. The molecule has 2 N–H and O–H groups in total. The summed E-state index contributed by atoms with van der Waals surface area (Å²) < 4.78 is 0. The van der Waals surface area contributed by atoms with Crippen LogP contribution in [0.15, 0.2) is 30.3 Å². The quantitative estimate of drug-likeness (QED) is 0.842. The monoisotopic (exact) mass is 244 g/mol. The van der Waals surface area contributed by atoms with E-state index in [0.717, 1.165) is 24.1 Å². The lowest BCUT2D eigenvalue weighted by molar-refractivity contribution is 0.245. The summed E-state index contributed by atoms with van der Waals surface area (Å²) in [5, 5.41) is 5.87. The second kappa shape index (κ2) is 5.01. The number of hydrogen-bond acceptors (Lipinski definition) is 1. The van der Waals surface area contributed by atoms with Crippen LogP contribution in [0, 0.1) is 17.8 Å². The van der Waals surface area contributed by atoms with Crippen LogP contribution in [0.1, 0.15) is 25.7 Å². The largest absolute Gasteiger partial charge is 0.338 e. The number of benzene rings is 1. The standard InChI is InChI=1S/C15H20N2O/c18-15(17-14-4-2-1-3-5-14)16-10-13-9-11-6-7-12(13)8-11/h1-5,11-13H,6-10H2,(H2,16,17,18)/t11-,12-,13-/m1/s1. The van der Waals surface area contributed by atoms with Crippen molar-refractivity contribution in [3.63, 3.8) is 0 Å². The molecule has 3 heteroatoms. The van der Waals surface area contributed by atoms with E-state index >= 15 is 0 Å². The lowest BCUT2D eigenvalue weighted by atomic mass is 9.89. The van der Waals surface area contributed by atoms with Gasteiger partial charge >= 0.3 is 6.03 Å². The summed E-state index contributed by atoms with van der Waals surface area (Å²) in [5.74, 6) is 2.52. The van der Waals surface area contributed by atoms with E-state index < -0.39 is 0 Å². The van der Waals surface area contributed by atoms with Crippen LogP contribution in [0.2, 0.25) is 0 Å². The molecule has 3 nitrogen and oxygen atoms in total. The van der Waals surface area contributed by atoms with E-state index in [1.165, 1.54) is 25.7 Å². The molecule has 0 radical (unpaired) electrons. The van der Waals surface area contributed by atoms with Gasteiger partial charge in [0.1, 0.15) is 0 Å². The minimum atomic E-state index is -0.0797. The van der Waals surface area contributed by atoms with Crippen molar-refractivity contribution in [1.82, 2.24) is 5.32 Å². The molecule has 2 saturated carbocycles. The first-order chi connectivity index (χ1) is 8.81. The first-order valence-corrected chi connectivity index (χ1v) is 6.91. The topological polar surface area (TPSA) is 41.1 Å². The summed E-state index contributed by atoms with van der Waals surface area (Å²) in [5.41, 5.74) is 0.850. The highest BCUT2D eigenvalue weighted by molar-refractivity contribution is 5.89. The fourth-order valence-electron chi connectivity index (χ4n) is 3.55. The zero-order chi connectivity index (χ0) is 12.4. The molecule has 0 spiro atoms. The number of para-hydroxylation sites is 1. The fraction of sp³-hybridized carbons (Fsp3) is 0.533. The maximum Gasteiger partial charge on any atom is 0.319 e. The molecule has 18 heavy (non-hydrogen) atoms. The number of hydrogen-bond donors (Lipinski definition) is 2. The van der Waals surface area contributed by atoms with Gasteiger partial charge < -0.3 is 10.6 Å². The maximum atomic E-state index is 11.8. The van der Waals surface area contributed by atoms with Crippen molar-refractivity contribution in [2.75, 3.05) is 11.9 Å². The third kappa shape index (κ3) is 2.50. The van der Waals surface area contributed by atoms with Crippen molar-refractivity contribution in [3.8, 4) is 0 Å². The summed E-state index contributed by atoms with van der Waals surface area (Å²) in [6.07, 6.45) is 5.50. The molecule has 1 aromatic rings. The highest BCUT2D eigenvalue weighted by Crippen LogP contribution is 2.47. The van der Waals surface area contributed by atoms with E-state index in [4.69, 9.17) is 0 Å². The van der Waals surface area contributed by atoms with Crippen LogP contribution in [-0.4, -0.2) is 12.6 Å². The van der Waals surface area contributed by atoms with Crippen LogP contribution >= 0.6 is 0 Å². The predicted octanol–water partition coefficient (Wildman–Crippen LogP) is 3.24. The lowest BCUT2D eigenvalue weighted by Gasteiger charge is -2.21. The molecular formula is C15H20N2O. The van der Waals surface area contributed by atoms with Gasteiger partial charge in [0, 0.05) is 12.2 Å². The van der Waals surface area contributed by atoms with Crippen LogP contribution in [0.25, 0.3) is 0 Å². The number of urea groups is 1. The van der Waals surface area contributed by atoms with Crippen molar-refractivity contribution < 1.29 is 4.79 Å².